The number of hydrogen-bond donors (Lipinski definition) is 1. The minimum atomic E-state index is 0.701. The lowest BCUT2D eigenvalue weighted by atomic mass is 10.0. The van der Waals surface area contributed by atoms with E-state index in [1.807, 2.05) is 0 Å². The van der Waals surface area contributed by atoms with E-state index in [1.54, 1.807) is 0 Å². The molecular weight excluding hydrogens is 428 g/mol. The molecule has 6 aromatic rings. The van der Waals surface area contributed by atoms with Crippen LogP contribution in [0, 0.1) is 0 Å². The van der Waals surface area contributed by atoms with Crippen LogP contribution in [-0.2, 0) is 0 Å². The molecule has 7 rings (SSSR count). The van der Waals surface area contributed by atoms with Gasteiger partial charge in [0, 0.05) is 23.0 Å². The highest BCUT2D eigenvalue weighted by molar-refractivity contribution is 6.11. The van der Waals surface area contributed by atoms with E-state index in [2.05, 4.69) is 125 Å². The van der Waals surface area contributed by atoms with Crippen LogP contribution in [0.4, 0.5) is 5.69 Å². The van der Waals surface area contributed by atoms with Gasteiger partial charge in [0.15, 0.2) is 0 Å². The Morgan fingerprint density at radius 3 is 1.77 bits per heavy atom. The van der Waals surface area contributed by atoms with Gasteiger partial charge in [0.1, 0.15) is 12.4 Å². The highest BCUT2D eigenvalue weighted by Gasteiger charge is 2.17. The third kappa shape index (κ3) is 3.36. The summed E-state index contributed by atoms with van der Waals surface area (Å²) in [5.41, 5.74) is 9.47. The summed E-state index contributed by atoms with van der Waals surface area (Å²) in [5, 5.41) is 5.99. The summed E-state index contributed by atoms with van der Waals surface area (Å²) in [6.07, 6.45) is 0. The zero-order valence-electron chi connectivity index (χ0n) is 19.2. The molecule has 35 heavy (non-hydrogen) atoms. The summed E-state index contributed by atoms with van der Waals surface area (Å²) in [7, 11) is 0. The number of hydrogen-bond acceptors (Lipinski definition) is 2. The van der Waals surface area contributed by atoms with Crippen molar-refractivity contribution in [3.8, 4) is 33.7 Å². The molecule has 3 nitrogen and oxygen atoms in total. The van der Waals surface area contributed by atoms with Crippen LogP contribution < -0.4 is 10.1 Å². The van der Waals surface area contributed by atoms with Crippen molar-refractivity contribution in [3.05, 3.63) is 115 Å². The van der Waals surface area contributed by atoms with Crippen molar-refractivity contribution in [2.75, 3.05) is 18.5 Å². The third-order valence-electron chi connectivity index (χ3n) is 6.88. The lowest BCUT2D eigenvalue weighted by Crippen LogP contribution is -2.18. The second-order valence-electron chi connectivity index (χ2n) is 8.99. The number of nitrogens with zero attached hydrogens (tertiary/aromatic N) is 1. The molecule has 0 amide bonds. The maximum atomic E-state index is 5.83. The van der Waals surface area contributed by atoms with Crippen LogP contribution in [0.1, 0.15) is 0 Å². The van der Waals surface area contributed by atoms with Gasteiger partial charge >= 0.3 is 0 Å². The predicted octanol–water partition coefficient (Wildman–Crippen LogP) is 7.92. The van der Waals surface area contributed by atoms with Gasteiger partial charge in [-0.2, -0.15) is 0 Å². The molecule has 1 N–H and O–H groups in total. The molecule has 0 unspecified atom stereocenters. The average Bonchev–Trinajstić information content (AvgIpc) is 3.27. The van der Waals surface area contributed by atoms with E-state index in [-0.39, 0.29) is 0 Å². The SMILES string of the molecule is c1ccc(-c2ccc3c(c2)c2cc(-c4ccccc4)ccc2n3-c2ccc3c(c2)NCCO3)cc1. The van der Waals surface area contributed by atoms with E-state index < -0.39 is 0 Å². The van der Waals surface area contributed by atoms with E-state index in [9.17, 15) is 0 Å². The van der Waals surface area contributed by atoms with Gasteiger partial charge in [0.25, 0.3) is 0 Å². The molecular formula is C32H24N2O. The maximum Gasteiger partial charge on any atom is 0.142 e. The van der Waals surface area contributed by atoms with Gasteiger partial charge in [-0.25, -0.2) is 0 Å². The van der Waals surface area contributed by atoms with Gasteiger partial charge in [0.2, 0.25) is 0 Å². The fourth-order valence-electron chi connectivity index (χ4n) is 5.19. The van der Waals surface area contributed by atoms with E-state index in [1.165, 1.54) is 44.1 Å². The Hall–Kier alpha value is -4.50. The first kappa shape index (κ1) is 19.9. The van der Waals surface area contributed by atoms with Crippen LogP contribution in [-0.4, -0.2) is 17.7 Å². The molecule has 0 aliphatic carbocycles. The molecule has 0 saturated heterocycles. The van der Waals surface area contributed by atoms with Crippen LogP contribution in [0.15, 0.2) is 115 Å². The van der Waals surface area contributed by atoms with Crippen molar-refractivity contribution >= 4 is 27.5 Å². The molecule has 1 aliphatic heterocycles. The van der Waals surface area contributed by atoms with Crippen molar-refractivity contribution in [1.29, 1.82) is 0 Å². The van der Waals surface area contributed by atoms with Crippen molar-refractivity contribution in [2.24, 2.45) is 0 Å². The van der Waals surface area contributed by atoms with Crippen molar-refractivity contribution in [1.82, 2.24) is 4.57 Å². The standard InChI is InChI=1S/C32H24N2O/c1-3-7-22(8-4-1)24-11-14-30-27(19-24)28-20-25(23-9-5-2-6-10-23)12-15-31(28)34(30)26-13-16-32-29(21-26)33-17-18-35-32/h1-16,19-21,33H,17-18H2. The number of anilines is 1. The number of ether oxygens (including phenoxy) is 1. The molecule has 0 spiro atoms. The molecule has 0 atom stereocenters. The van der Waals surface area contributed by atoms with Gasteiger partial charge in [-0.1, -0.05) is 72.8 Å². The normalized spacial score (nSPS) is 12.8. The first-order chi connectivity index (χ1) is 17.3. The van der Waals surface area contributed by atoms with Crippen LogP contribution in [0.25, 0.3) is 49.7 Å². The van der Waals surface area contributed by atoms with E-state index in [0.717, 1.165) is 23.7 Å². The summed E-state index contributed by atoms with van der Waals surface area (Å²) in [6.45, 7) is 1.52. The first-order valence-electron chi connectivity index (χ1n) is 12.1. The number of fused-ring (bicyclic) bond motifs is 4. The number of aromatic nitrogens is 1. The van der Waals surface area contributed by atoms with Gasteiger partial charge < -0.3 is 14.6 Å². The Bertz CT molecular complexity index is 1590. The fourth-order valence-corrected chi connectivity index (χ4v) is 5.19. The zero-order valence-corrected chi connectivity index (χ0v) is 19.2. The van der Waals surface area contributed by atoms with Gasteiger partial charge in [-0.3, -0.25) is 0 Å². The summed E-state index contributed by atoms with van der Waals surface area (Å²) in [4.78, 5) is 0. The molecule has 0 saturated carbocycles. The van der Waals surface area contributed by atoms with Crippen molar-refractivity contribution in [2.45, 2.75) is 0 Å². The number of rotatable bonds is 3. The molecule has 168 valence electrons. The highest BCUT2D eigenvalue weighted by atomic mass is 16.5. The lowest BCUT2D eigenvalue weighted by Gasteiger charge is -2.20. The maximum absolute atomic E-state index is 5.83. The Morgan fingerprint density at radius 2 is 1.17 bits per heavy atom. The number of nitrogens with one attached hydrogen (secondary N) is 1. The van der Waals surface area contributed by atoms with E-state index in [0.29, 0.717) is 6.61 Å². The van der Waals surface area contributed by atoms with Crippen molar-refractivity contribution < 1.29 is 4.74 Å². The van der Waals surface area contributed by atoms with E-state index >= 15 is 0 Å². The first-order valence-corrected chi connectivity index (χ1v) is 12.1. The Kier molecular flexibility index (Phi) is 4.59. The van der Waals surface area contributed by atoms with Crippen LogP contribution in [0.5, 0.6) is 5.75 Å². The smallest absolute Gasteiger partial charge is 0.142 e. The second kappa shape index (κ2) is 8.07. The predicted molar refractivity (Wildman–Crippen MR) is 146 cm³/mol. The van der Waals surface area contributed by atoms with Gasteiger partial charge in [0.05, 0.1) is 16.7 Å². The topological polar surface area (TPSA) is 26.2 Å². The summed E-state index contributed by atoms with van der Waals surface area (Å²) < 4.78 is 8.19. The van der Waals surface area contributed by atoms with Crippen LogP contribution in [0.3, 0.4) is 0 Å². The Labute approximate surface area is 204 Å². The molecule has 2 heterocycles. The monoisotopic (exact) mass is 452 g/mol. The van der Waals surface area contributed by atoms with Gasteiger partial charge in [-0.05, 0) is 64.7 Å². The summed E-state index contributed by atoms with van der Waals surface area (Å²) >= 11 is 0. The average molecular weight is 453 g/mol. The second-order valence-corrected chi connectivity index (χ2v) is 8.99. The van der Waals surface area contributed by atoms with Crippen molar-refractivity contribution in [3.63, 3.8) is 0 Å². The van der Waals surface area contributed by atoms with Crippen LogP contribution >= 0.6 is 0 Å². The van der Waals surface area contributed by atoms with Gasteiger partial charge in [-0.15, -0.1) is 0 Å². The minimum Gasteiger partial charge on any atom is -0.490 e. The number of benzene rings is 5. The molecule has 0 fully saturated rings. The molecule has 0 bridgehead atoms. The van der Waals surface area contributed by atoms with E-state index in [4.69, 9.17) is 4.74 Å². The Morgan fingerprint density at radius 1 is 0.571 bits per heavy atom. The minimum absolute atomic E-state index is 0.701. The summed E-state index contributed by atoms with van der Waals surface area (Å²) in [5.74, 6) is 0.915. The summed E-state index contributed by atoms with van der Waals surface area (Å²) in [6, 6.07) is 41.2. The third-order valence-corrected chi connectivity index (χ3v) is 6.88. The zero-order chi connectivity index (χ0) is 23.2. The quantitative estimate of drug-likeness (QED) is 0.295. The molecule has 1 aliphatic rings. The largest absolute Gasteiger partial charge is 0.490 e. The lowest BCUT2D eigenvalue weighted by molar-refractivity contribution is 0.323. The molecule has 1 aromatic heterocycles. The molecule has 0 radical (unpaired) electrons. The fraction of sp³-hybridized carbons (Fsp3) is 0.0625. The molecule has 5 aromatic carbocycles. The Balaban J connectivity index is 1.50. The molecule has 3 heteroatoms. The van der Waals surface area contributed by atoms with Crippen LogP contribution in [0.2, 0.25) is 0 Å². The highest BCUT2D eigenvalue weighted by Crippen LogP contribution is 2.38.